The van der Waals surface area contributed by atoms with Crippen molar-refractivity contribution >= 4 is 18.0 Å². The zero-order valence-corrected chi connectivity index (χ0v) is 18.9. The number of carbonyl (C=O) groups is 3. The van der Waals surface area contributed by atoms with Gasteiger partial charge < -0.3 is 20.5 Å². The number of hydrogen-bond acceptors (Lipinski definition) is 4. The van der Waals surface area contributed by atoms with Crippen molar-refractivity contribution in [2.24, 2.45) is 0 Å². The Balaban J connectivity index is 1.60. The maximum Gasteiger partial charge on any atom is 0.407 e. The fraction of sp³-hybridized carbons (Fsp3) is 0.400. The van der Waals surface area contributed by atoms with Gasteiger partial charge in [-0.25, -0.2) is 9.59 Å². The number of carboxylic acid groups (broad SMARTS) is 1. The summed E-state index contributed by atoms with van der Waals surface area (Å²) in [6, 6.07) is 16.2. The quantitative estimate of drug-likeness (QED) is 0.576. The summed E-state index contributed by atoms with van der Waals surface area (Å²) in [5, 5.41) is 14.6. The molecule has 0 aromatic heterocycles. The summed E-state index contributed by atoms with van der Waals surface area (Å²) < 4.78 is 5.54. The van der Waals surface area contributed by atoms with Gasteiger partial charge in [0.05, 0.1) is 0 Å². The fourth-order valence-electron chi connectivity index (χ4n) is 4.00. The Morgan fingerprint density at radius 2 is 1.47 bits per heavy atom. The van der Waals surface area contributed by atoms with Gasteiger partial charge in [0.25, 0.3) is 0 Å². The molecule has 0 spiro atoms. The third-order valence-electron chi connectivity index (χ3n) is 5.98. The molecule has 0 saturated carbocycles. The van der Waals surface area contributed by atoms with Crippen LogP contribution in [0.1, 0.15) is 57.6 Å². The van der Waals surface area contributed by atoms with E-state index in [0.717, 1.165) is 22.3 Å². The Morgan fingerprint density at radius 1 is 0.938 bits per heavy atom. The Morgan fingerprint density at radius 3 is 1.97 bits per heavy atom. The van der Waals surface area contributed by atoms with E-state index in [-0.39, 0.29) is 25.4 Å². The highest BCUT2D eigenvalue weighted by Gasteiger charge is 2.35. The molecule has 0 fully saturated rings. The molecule has 0 heterocycles. The van der Waals surface area contributed by atoms with E-state index in [9.17, 15) is 19.5 Å². The first-order valence-electron chi connectivity index (χ1n) is 10.7. The van der Waals surface area contributed by atoms with E-state index in [1.807, 2.05) is 36.4 Å². The molecule has 170 valence electrons. The van der Waals surface area contributed by atoms with Gasteiger partial charge in [-0.05, 0) is 49.4 Å². The molecule has 7 heteroatoms. The van der Waals surface area contributed by atoms with E-state index in [1.165, 1.54) is 6.92 Å². The summed E-state index contributed by atoms with van der Waals surface area (Å²) in [6.45, 7) is 6.71. The summed E-state index contributed by atoms with van der Waals surface area (Å²) in [5.74, 6) is -1.61. The van der Waals surface area contributed by atoms with E-state index < -0.39 is 29.0 Å². The van der Waals surface area contributed by atoms with Gasteiger partial charge in [-0.1, -0.05) is 55.5 Å². The van der Waals surface area contributed by atoms with Gasteiger partial charge in [0.15, 0.2) is 0 Å². The molecule has 3 rings (SSSR count). The number of hydrogen-bond donors (Lipinski definition) is 3. The van der Waals surface area contributed by atoms with Crippen LogP contribution in [0.15, 0.2) is 48.5 Å². The molecule has 32 heavy (non-hydrogen) atoms. The van der Waals surface area contributed by atoms with Crippen LogP contribution in [0.4, 0.5) is 4.79 Å². The van der Waals surface area contributed by atoms with Crippen LogP contribution in [-0.2, 0) is 14.3 Å². The Kier molecular flexibility index (Phi) is 6.57. The van der Waals surface area contributed by atoms with Crippen molar-refractivity contribution in [2.75, 3.05) is 6.61 Å². The van der Waals surface area contributed by atoms with Gasteiger partial charge in [0.2, 0.25) is 5.91 Å². The van der Waals surface area contributed by atoms with Crippen LogP contribution < -0.4 is 10.6 Å². The first kappa shape index (κ1) is 23.3. The summed E-state index contributed by atoms with van der Waals surface area (Å²) in [7, 11) is 0. The van der Waals surface area contributed by atoms with Crippen molar-refractivity contribution in [1.29, 1.82) is 0 Å². The van der Waals surface area contributed by atoms with Gasteiger partial charge in [-0.2, -0.15) is 0 Å². The first-order valence-corrected chi connectivity index (χ1v) is 10.7. The SMILES string of the molecule is CCC(C)(NC(=O)CC(C)(C)NC(=O)OCC1c2ccccc2-c2ccccc21)C(=O)O. The molecule has 2 aromatic carbocycles. The Hall–Kier alpha value is -3.35. The van der Waals surface area contributed by atoms with E-state index in [0.29, 0.717) is 0 Å². The fourth-order valence-corrected chi connectivity index (χ4v) is 4.00. The minimum Gasteiger partial charge on any atom is -0.480 e. The lowest BCUT2D eigenvalue weighted by molar-refractivity contribution is -0.147. The second kappa shape index (κ2) is 9.02. The van der Waals surface area contributed by atoms with Crippen molar-refractivity contribution in [3.8, 4) is 11.1 Å². The number of ether oxygens (including phenoxy) is 1. The predicted octanol–water partition coefficient (Wildman–Crippen LogP) is 4.06. The number of amides is 2. The number of fused-ring (bicyclic) bond motifs is 3. The number of benzene rings is 2. The van der Waals surface area contributed by atoms with E-state index in [1.54, 1.807) is 20.8 Å². The summed E-state index contributed by atoms with van der Waals surface area (Å²) in [6.07, 6.45) is -0.463. The van der Waals surface area contributed by atoms with Crippen LogP contribution in [-0.4, -0.2) is 40.8 Å². The average Bonchev–Trinajstić information content (AvgIpc) is 3.05. The number of carbonyl (C=O) groups excluding carboxylic acids is 2. The molecule has 0 aliphatic heterocycles. The average molecular weight is 439 g/mol. The third-order valence-corrected chi connectivity index (χ3v) is 5.98. The van der Waals surface area contributed by atoms with Crippen molar-refractivity contribution in [1.82, 2.24) is 10.6 Å². The minimum atomic E-state index is -1.35. The highest BCUT2D eigenvalue weighted by atomic mass is 16.5. The van der Waals surface area contributed by atoms with Crippen LogP contribution in [0.3, 0.4) is 0 Å². The number of rotatable bonds is 8. The molecular formula is C25H30N2O5. The summed E-state index contributed by atoms with van der Waals surface area (Å²) in [4.78, 5) is 36.3. The van der Waals surface area contributed by atoms with Crippen molar-refractivity contribution in [2.45, 2.75) is 57.5 Å². The second-order valence-electron chi connectivity index (χ2n) is 9.05. The molecule has 1 unspecified atom stereocenters. The van der Waals surface area contributed by atoms with Crippen LogP contribution in [0.25, 0.3) is 11.1 Å². The van der Waals surface area contributed by atoms with Gasteiger partial charge >= 0.3 is 12.1 Å². The van der Waals surface area contributed by atoms with E-state index >= 15 is 0 Å². The highest BCUT2D eigenvalue weighted by molar-refractivity contribution is 5.87. The monoisotopic (exact) mass is 438 g/mol. The molecule has 0 saturated heterocycles. The van der Waals surface area contributed by atoms with Crippen molar-refractivity contribution in [3.63, 3.8) is 0 Å². The molecule has 7 nitrogen and oxygen atoms in total. The smallest absolute Gasteiger partial charge is 0.407 e. The standard InChI is InChI=1S/C25H30N2O5/c1-5-25(4,22(29)30)26-21(28)14-24(2,3)27-23(31)32-15-20-18-12-8-6-10-16(18)17-11-7-9-13-19(17)20/h6-13,20H,5,14-15H2,1-4H3,(H,26,28)(H,27,31)(H,29,30). The van der Waals surface area contributed by atoms with Gasteiger partial charge in [-0.3, -0.25) is 4.79 Å². The Labute approximate surface area is 188 Å². The molecule has 3 N–H and O–H groups in total. The number of aliphatic carboxylic acids is 1. The predicted molar refractivity (Wildman–Crippen MR) is 121 cm³/mol. The summed E-state index contributed by atoms with van der Waals surface area (Å²) in [5.41, 5.74) is 2.26. The van der Waals surface area contributed by atoms with E-state index in [2.05, 4.69) is 22.8 Å². The molecule has 1 aliphatic rings. The number of nitrogens with one attached hydrogen (secondary N) is 2. The van der Waals surface area contributed by atoms with Crippen LogP contribution in [0, 0.1) is 0 Å². The lowest BCUT2D eigenvalue weighted by Crippen LogP contribution is -2.54. The highest BCUT2D eigenvalue weighted by Crippen LogP contribution is 2.44. The molecule has 0 bridgehead atoms. The number of alkyl carbamates (subject to hydrolysis) is 1. The van der Waals surface area contributed by atoms with Crippen LogP contribution in [0.5, 0.6) is 0 Å². The van der Waals surface area contributed by atoms with Crippen molar-refractivity contribution < 1.29 is 24.2 Å². The maximum atomic E-state index is 12.5. The Bertz CT molecular complexity index is 987. The topological polar surface area (TPSA) is 105 Å². The molecule has 1 atom stereocenters. The van der Waals surface area contributed by atoms with Gasteiger partial charge in [-0.15, -0.1) is 0 Å². The first-order chi connectivity index (χ1) is 15.1. The lowest BCUT2D eigenvalue weighted by atomic mass is 9.96. The minimum absolute atomic E-state index is 0.0552. The van der Waals surface area contributed by atoms with Crippen molar-refractivity contribution in [3.05, 3.63) is 59.7 Å². The molecule has 0 radical (unpaired) electrons. The zero-order chi connectivity index (χ0) is 23.5. The van der Waals surface area contributed by atoms with Gasteiger partial charge in [0.1, 0.15) is 12.1 Å². The largest absolute Gasteiger partial charge is 0.480 e. The summed E-state index contributed by atoms with van der Waals surface area (Å²) >= 11 is 0. The second-order valence-corrected chi connectivity index (χ2v) is 9.05. The van der Waals surface area contributed by atoms with Crippen LogP contribution >= 0.6 is 0 Å². The third kappa shape index (κ3) is 4.93. The maximum absolute atomic E-state index is 12.5. The van der Waals surface area contributed by atoms with E-state index in [4.69, 9.17) is 4.74 Å². The zero-order valence-electron chi connectivity index (χ0n) is 18.9. The van der Waals surface area contributed by atoms with Crippen LogP contribution in [0.2, 0.25) is 0 Å². The number of carboxylic acids is 1. The molecular weight excluding hydrogens is 408 g/mol. The molecule has 2 aromatic rings. The normalized spacial score (nSPS) is 14.6. The lowest BCUT2D eigenvalue weighted by Gasteiger charge is -2.29. The molecule has 1 aliphatic carbocycles. The molecule has 2 amide bonds. The van der Waals surface area contributed by atoms with Gasteiger partial charge in [0, 0.05) is 17.9 Å².